The highest BCUT2D eigenvalue weighted by molar-refractivity contribution is 5.79. The highest BCUT2D eigenvalue weighted by Crippen LogP contribution is 2.15. The van der Waals surface area contributed by atoms with Crippen molar-refractivity contribution in [2.24, 2.45) is 14.1 Å². The van der Waals surface area contributed by atoms with Crippen LogP contribution in [0.4, 0.5) is 0 Å². The molecule has 0 spiro atoms. The van der Waals surface area contributed by atoms with E-state index in [1.54, 1.807) is 0 Å². The first kappa shape index (κ1) is 15.3. The second-order valence-electron chi connectivity index (χ2n) is 5.80. The van der Waals surface area contributed by atoms with Gasteiger partial charge in [0.1, 0.15) is 5.82 Å². The standard InChI is InChI=1S/C17H21N5O/c1-11-13(12(2)22(4)20-11)9-17(23)18-10-16-19-14-7-5-6-8-15(14)21(16)3/h5-8H,9-10H2,1-4H3,(H,18,23). The van der Waals surface area contributed by atoms with Gasteiger partial charge >= 0.3 is 0 Å². The Balaban J connectivity index is 1.70. The molecule has 0 fully saturated rings. The number of nitrogens with zero attached hydrogens (tertiary/aromatic N) is 4. The lowest BCUT2D eigenvalue weighted by Gasteiger charge is -2.06. The van der Waals surface area contributed by atoms with E-state index in [0.717, 1.165) is 33.8 Å². The van der Waals surface area contributed by atoms with Gasteiger partial charge in [0, 0.05) is 25.4 Å². The molecule has 3 aromatic rings. The highest BCUT2D eigenvalue weighted by atomic mass is 16.1. The third-order valence-electron chi connectivity index (χ3n) is 4.32. The lowest BCUT2D eigenvalue weighted by molar-refractivity contribution is -0.120. The second kappa shape index (κ2) is 5.87. The summed E-state index contributed by atoms with van der Waals surface area (Å²) in [6, 6.07) is 7.95. The predicted molar refractivity (Wildman–Crippen MR) is 88.9 cm³/mol. The van der Waals surface area contributed by atoms with Crippen molar-refractivity contribution in [1.82, 2.24) is 24.6 Å². The van der Waals surface area contributed by atoms with Crippen LogP contribution in [-0.2, 0) is 31.9 Å². The molecule has 0 saturated heterocycles. The van der Waals surface area contributed by atoms with Gasteiger partial charge in [-0.15, -0.1) is 0 Å². The van der Waals surface area contributed by atoms with Gasteiger partial charge in [0.2, 0.25) is 5.91 Å². The van der Waals surface area contributed by atoms with Crippen molar-refractivity contribution >= 4 is 16.9 Å². The maximum absolute atomic E-state index is 12.2. The molecule has 1 N–H and O–H groups in total. The maximum atomic E-state index is 12.2. The zero-order valence-electron chi connectivity index (χ0n) is 13.9. The molecule has 1 amide bonds. The van der Waals surface area contributed by atoms with Crippen LogP contribution in [0.1, 0.15) is 22.8 Å². The first-order chi connectivity index (χ1) is 11.0. The number of carbonyl (C=O) groups is 1. The summed E-state index contributed by atoms with van der Waals surface area (Å²) in [5.74, 6) is 0.829. The van der Waals surface area contributed by atoms with E-state index in [4.69, 9.17) is 0 Å². The Morgan fingerprint density at radius 1 is 1.22 bits per heavy atom. The quantitative estimate of drug-likeness (QED) is 0.799. The summed E-state index contributed by atoms with van der Waals surface area (Å²) in [7, 11) is 3.86. The number of fused-ring (bicyclic) bond motifs is 1. The summed E-state index contributed by atoms with van der Waals surface area (Å²) in [4.78, 5) is 16.8. The van der Waals surface area contributed by atoms with E-state index < -0.39 is 0 Å². The maximum Gasteiger partial charge on any atom is 0.224 e. The fourth-order valence-corrected chi connectivity index (χ4v) is 2.83. The predicted octanol–water partition coefficient (Wildman–Crippen LogP) is 1.78. The number of aryl methyl sites for hydroxylation is 3. The molecule has 6 heteroatoms. The highest BCUT2D eigenvalue weighted by Gasteiger charge is 2.14. The van der Waals surface area contributed by atoms with Crippen LogP contribution in [0.3, 0.4) is 0 Å². The number of nitrogens with one attached hydrogen (secondary N) is 1. The molecule has 0 aliphatic carbocycles. The van der Waals surface area contributed by atoms with Crippen LogP contribution in [0.15, 0.2) is 24.3 Å². The Morgan fingerprint density at radius 2 is 1.96 bits per heavy atom. The van der Waals surface area contributed by atoms with Crippen LogP contribution in [0, 0.1) is 13.8 Å². The molecular formula is C17H21N5O. The monoisotopic (exact) mass is 311 g/mol. The molecule has 0 atom stereocenters. The van der Waals surface area contributed by atoms with Crippen molar-refractivity contribution in [1.29, 1.82) is 0 Å². The fourth-order valence-electron chi connectivity index (χ4n) is 2.83. The Labute approximate surface area is 135 Å². The molecule has 0 aliphatic rings. The molecule has 0 radical (unpaired) electrons. The molecule has 120 valence electrons. The summed E-state index contributed by atoms with van der Waals surface area (Å²) in [5, 5.41) is 7.30. The van der Waals surface area contributed by atoms with E-state index in [1.807, 2.05) is 61.5 Å². The number of aromatic nitrogens is 4. The number of para-hydroxylation sites is 2. The van der Waals surface area contributed by atoms with E-state index in [-0.39, 0.29) is 5.91 Å². The number of hydrogen-bond donors (Lipinski definition) is 1. The molecule has 23 heavy (non-hydrogen) atoms. The number of hydrogen-bond acceptors (Lipinski definition) is 3. The van der Waals surface area contributed by atoms with E-state index in [0.29, 0.717) is 13.0 Å². The third-order valence-corrected chi connectivity index (χ3v) is 4.32. The number of benzene rings is 1. The van der Waals surface area contributed by atoms with Crippen LogP contribution in [0.5, 0.6) is 0 Å². The molecule has 0 saturated carbocycles. The average Bonchev–Trinajstić information content (AvgIpc) is 2.97. The normalized spacial score (nSPS) is 11.1. The molecule has 2 heterocycles. The van der Waals surface area contributed by atoms with E-state index >= 15 is 0 Å². The molecule has 0 unspecified atom stereocenters. The van der Waals surface area contributed by atoms with Gasteiger partial charge in [-0.1, -0.05) is 12.1 Å². The summed E-state index contributed by atoms with van der Waals surface area (Å²) >= 11 is 0. The molecule has 6 nitrogen and oxygen atoms in total. The van der Waals surface area contributed by atoms with Gasteiger partial charge in [0.15, 0.2) is 0 Å². The lowest BCUT2D eigenvalue weighted by atomic mass is 10.1. The van der Waals surface area contributed by atoms with Crippen molar-refractivity contribution < 1.29 is 4.79 Å². The first-order valence-electron chi connectivity index (χ1n) is 7.63. The van der Waals surface area contributed by atoms with Crippen LogP contribution < -0.4 is 5.32 Å². The van der Waals surface area contributed by atoms with Crippen molar-refractivity contribution in [3.63, 3.8) is 0 Å². The number of imidazole rings is 1. The Bertz CT molecular complexity index is 875. The number of carbonyl (C=O) groups excluding carboxylic acids is 1. The van der Waals surface area contributed by atoms with Crippen LogP contribution in [-0.4, -0.2) is 25.2 Å². The molecule has 2 aromatic heterocycles. The van der Waals surface area contributed by atoms with Gasteiger partial charge in [0.05, 0.1) is 29.7 Å². The van der Waals surface area contributed by atoms with E-state index in [2.05, 4.69) is 15.4 Å². The minimum Gasteiger partial charge on any atom is -0.349 e. The van der Waals surface area contributed by atoms with Gasteiger partial charge < -0.3 is 9.88 Å². The number of rotatable bonds is 4. The zero-order chi connectivity index (χ0) is 16.6. The van der Waals surface area contributed by atoms with Crippen molar-refractivity contribution in [2.45, 2.75) is 26.8 Å². The molecule has 0 bridgehead atoms. The number of amides is 1. The Morgan fingerprint density at radius 3 is 2.61 bits per heavy atom. The summed E-state index contributed by atoms with van der Waals surface area (Å²) < 4.78 is 3.82. The van der Waals surface area contributed by atoms with Crippen molar-refractivity contribution in [2.75, 3.05) is 0 Å². The molecule has 1 aromatic carbocycles. The van der Waals surface area contributed by atoms with Crippen LogP contribution >= 0.6 is 0 Å². The fraction of sp³-hybridized carbons (Fsp3) is 0.353. The van der Waals surface area contributed by atoms with E-state index in [9.17, 15) is 4.79 Å². The smallest absolute Gasteiger partial charge is 0.224 e. The van der Waals surface area contributed by atoms with Gasteiger partial charge in [-0.3, -0.25) is 9.48 Å². The lowest BCUT2D eigenvalue weighted by Crippen LogP contribution is -2.26. The first-order valence-corrected chi connectivity index (χ1v) is 7.63. The van der Waals surface area contributed by atoms with Crippen molar-refractivity contribution in [3.05, 3.63) is 47.0 Å². The second-order valence-corrected chi connectivity index (χ2v) is 5.80. The molecular weight excluding hydrogens is 290 g/mol. The van der Waals surface area contributed by atoms with Gasteiger partial charge in [-0.25, -0.2) is 4.98 Å². The minimum absolute atomic E-state index is 0.0174. The Hall–Kier alpha value is -2.63. The van der Waals surface area contributed by atoms with Gasteiger partial charge in [-0.05, 0) is 26.0 Å². The summed E-state index contributed by atoms with van der Waals surface area (Å²) in [6.45, 7) is 4.33. The zero-order valence-corrected chi connectivity index (χ0v) is 13.9. The van der Waals surface area contributed by atoms with E-state index in [1.165, 1.54) is 0 Å². The summed E-state index contributed by atoms with van der Waals surface area (Å²) in [5.41, 5.74) is 4.94. The van der Waals surface area contributed by atoms with Gasteiger partial charge in [-0.2, -0.15) is 5.10 Å². The SMILES string of the molecule is Cc1nn(C)c(C)c1CC(=O)NCc1nc2ccccc2n1C. The largest absolute Gasteiger partial charge is 0.349 e. The van der Waals surface area contributed by atoms with Crippen LogP contribution in [0.2, 0.25) is 0 Å². The molecule has 0 aliphatic heterocycles. The minimum atomic E-state index is -0.0174. The van der Waals surface area contributed by atoms with Crippen LogP contribution in [0.25, 0.3) is 11.0 Å². The van der Waals surface area contributed by atoms with Crippen molar-refractivity contribution in [3.8, 4) is 0 Å². The average molecular weight is 311 g/mol. The summed E-state index contributed by atoms with van der Waals surface area (Å²) in [6.07, 6.45) is 0.343. The van der Waals surface area contributed by atoms with Gasteiger partial charge in [0.25, 0.3) is 0 Å². The Kier molecular flexibility index (Phi) is 3.90. The topological polar surface area (TPSA) is 64.7 Å². The molecule has 3 rings (SSSR count). The third kappa shape index (κ3) is 2.84.